The number of anilines is 1. The van der Waals surface area contributed by atoms with E-state index in [1.165, 1.54) is 22.5 Å². The summed E-state index contributed by atoms with van der Waals surface area (Å²) in [7, 11) is 1.67. The molecule has 4 rings (SSSR count). The highest BCUT2D eigenvalue weighted by Crippen LogP contribution is 2.25. The number of ether oxygens (including phenoxy) is 1. The first-order valence-electron chi connectivity index (χ1n) is 9.11. The molecule has 0 radical (unpaired) electrons. The van der Waals surface area contributed by atoms with Crippen molar-refractivity contribution in [3.05, 3.63) is 75.8 Å². The first-order valence-corrected chi connectivity index (χ1v) is 9.99. The second-order valence-electron chi connectivity index (χ2n) is 6.82. The molecular formula is C21H19F2N3O2S. The third kappa shape index (κ3) is 4.44. The van der Waals surface area contributed by atoms with Crippen LogP contribution in [0, 0.1) is 11.6 Å². The van der Waals surface area contributed by atoms with Crippen LogP contribution in [-0.2, 0) is 19.5 Å². The van der Waals surface area contributed by atoms with E-state index in [0.29, 0.717) is 17.7 Å². The van der Waals surface area contributed by atoms with Crippen LogP contribution in [0.15, 0.2) is 41.8 Å². The number of hydrogen-bond acceptors (Lipinski definition) is 5. The summed E-state index contributed by atoms with van der Waals surface area (Å²) in [5, 5.41) is 4.84. The van der Waals surface area contributed by atoms with E-state index in [1.54, 1.807) is 7.11 Å². The normalized spacial score (nSPS) is 13.8. The van der Waals surface area contributed by atoms with Crippen molar-refractivity contribution in [2.24, 2.45) is 0 Å². The molecule has 8 heteroatoms. The van der Waals surface area contributed by atoms with Gasteiger partial charge in [-0.05, 0) is 41.8 Å². The highest BCUT2D eigenvalue weighted by atomic mass is 32.1. The molecule has 0 fully saturated rings. The number of amides is 1. The average molecular weight is 415 g/mol. The number of fused-ring (bicyclic) bond motifs is 1. The standard InChI is InChI=1S/C21H19F2N3O2S/c1-28-17-4-2-14-10-26(7-6-13(14)8-17)11-16-12-29-21(24-16)25-20(27)18-5-3-15(22)9-19(18)23/h2-5,8-9,12H,6-7,10-11H2,1H3,(H,24,25,27). The van der Waals surface area contributed by atoms with E-state index in [-0.39, 0.29) is 5.56 Å². The van der Waals surface area contributed by atoms with Gasteiger partial charge >= 0.3 is 0 Å². The molecule has 0 spiro atoms. The Balaban J connectivity index is 1.38. The molecule has 5 nitrogen and oxygen atoms in total. The SMILES string of the molecule is COc1ccc2c(c1)CCN(Cc1csc(NC(=O)c3ccc(F)cc3F)n1)C2. The van der Waals surface area contributed by atoms with Gasteiger partial charge in [0.15, 0.2) is 5.13 Å². The minimum atomic E-state index is -0.900. The summed E-state index contributed by atoms with van der Waals surface area (Å²) in [6, 6.07) is 8.99. The lowest BCUT2D eigenvalue weighted by atomic mass is 9.99. The van der Waals surface area contributed by atoms with Crippen LogP contribution in [0.5, 0.6) is 5.75 Å². The van der Waals surface area contributed by atoms with Crippen molar-refractivity contribution in [3.8, 4) is 5.75 Å². The van der Waals surface area contributed by atoms with Crippen LogP contribution in [0.3, 0.4) is 0 Å². The molecule has 2 heterocycles. The predicted octanol–water partition coefficient (Wildman–Crippen LogP) is 4.24. The quantitative estimate of drug-likeness (QED) is 0.677. The first kappa shape index (κ1) is 19.5. The number of halogens is 2. The minimum absolute atomic E-state index is 0.216. The van der Waals surface area contributed by atoms with Crippen LogP contribution in [0.25, 0.3) is 0 Å². The summed E-state index contributed by atoms with van der Waals surface area (Å²) >= 11 is 1.28. The number of benzene rings is 2. The smallest absolute Gasteiger partial charge is 0.260 e. The molecule has 1 aliphatic rings. The van der Waals surface area contributed by atoms with Crippen molar-refractivity contribution in [1.82, 2.24) is 9.88 Å². The van der Waals surface area contributed by atoms with Crippen molar-refractivity contribution in [1.29, 1.82) is 0 Å². The number of nitrogens with zero attached hydrogens (tertiary/aromatic N) is 2. The summed E-state index contributed by atoms with van der Waals surface area (Å²) < 4.78 is 32.0. The summed E-state index contributed by atoms with van der Waals surface area (Å²) in [5.74, 6) is -1.40. The molecule has 1 aromatic heterocycles. The Kier molecular flexibility index (Phi) is 5.55. The Morgan fingerprint density at radius 1 is 1.24 bits per heavy atom. The van der Waals surface area contributed by atoms with Gasteiger partial charge in [0.25, 0.3) is 5.91 Å². The molecule has 0 saturated heterocycles. The van der Waals surface area contributed by atoms with E-state index in [4.69, 9.17) is 4.74 Å². The maximum atomic E-state index is 13.8. The molecule has 2 aromatic carbocycles. The fraction of sp³-hybridized carbons (Fsp3) is 0.238. The summed E-state index contributed by atoms with van der Waals surface area (Å²) in [6.07, 6.45) is 0.935. The van der Waals surface area contributed by atoms with Crippen molar-refractivity contribution in [3.63, 3.8) is 0 Å². The van der Waals surface area contributed by atoms with Crippen molar-refractivity contribution < 1.29 is 18.3 Å². The van der Waals surface area contributed by atoms with Gasteiger partial charge < -0.3 is 4.74 Å². The van der Waals surface area contributed by atoms with Gasteiger partial charge in [-0.25, -0.2) is 13.8 Å². The minimum Gasteiger partial charge on any atom is -0.497 e. The average Bonchev–Trinajstić information content (AvgIpc) is 3.14. The van der Waals surface area contributed by atoms with E-state index < -0.39 is 17.5 Å². The highest BCUT2D eigenvalue weighted by Gasteiger charge is 2.19. The van der Waals surface area contributed by atoms with Crippen molar-refractivity contribution >= 4 is 22.4 Å². The Morgan fingerprint density at radius 3 is 2.90 bits per heavy atom. The van der Waals surface area contributed by atoms with E-state index in [0.717, 1.165) is 43.1 Å². The number of aromatic nitrogens is 1. The van der Waals surface area contributed by atoms with Gasteiger partial charge in [-0.15, -0.1) is 11.3 Å². The van der Waals surface area contributed by atoms with Crippen LogP contribution in [0.1, 0.15) is 27.2 Å². The molecule has 3 aromatic rings. The van der Waals surface area contributed by atoms with E-state index in [2.05, 4.69) is 27.3 Å². The molecule has 1 N–H and O–H groups in total. The van der Waals surface area contributed by atoms with Gasteiger partial charge in [0, 0.05) is 31.1 Å². The Morgan fingerprint density at radius 2 is 2.10 bits per heavy atom. The molecule has 29 heavy (non-hydrogen) atoms. The number of rotatable bonds is 5. The van der Waals surface area contributed by atoms with Gasteiger partial charge in [-0.2, -0.15) is 0 Å². The topological polar surface area (TPSA) is 54.5 Å². The third-order valence-corrected chi connectivity index (χ3v) is 5.64. The summed E-state index contributed by atoms with van der Waals surface area (Å²) in [5.41, 5.74) is 3.19. The fourth-order valence-corrected chi connectivity index (χ4v) is 4.05. The first-order chi connectivity index (χ1) is 14.0. The third-order valence-electron chi connectivity index (χ3n) is 4.84. The zero-order chi connectivity index (χ0) is 20.4. The van der Waals surface area contributed by atoms with E-state index >= 15 is 0 Å². The molecule has 0 aliphatic carbocycles. The Hall–Kier alpha value is -2.84. The lowest BCUT2D eigenvalue weighted by Gasteiger charge is -2.28. The number of thiazole rings is 1. The molecule has 0 bridgehead atoms. The van der Waals surface area contributed by atoms with Gasteiger partial charge in [0.05, 0.1) is 18.4 Å². The zero-order valence-electron chi connectivity index (χ0n) is 15.7. The fourth-order valence-electron chi connectivity index (χ4n) is 3.35. The molecule has 1 amide bonds. The van der Waals surface area contributed by atoms with Gasteiger partial charge in [0.2, 0.25) is 0 Å². The molecular weight excluding hydrogens is 396 g/mol. The summed E-state index contributed by atoms with van der Waals surface area (Å²) in [6.45, 7) is 2.38. The second-order valence-corrected chi connectivity index (χ2v) is 7.68. The highest BCUT2D eigenvalue weighted by molar-refractivity contribution is 7.13. The summed E-state index contributed by atoms with van der Waals surface area (Å²) in [4.78, 5) is 18.9. The largest absolute Gasteiger partial charge is 0.497 e. The van der Waals surface area contributed by atoms with Crippen LogP contribution >= 0.6 is 11.3 Å². The molecule has 0 atom stereocenters. The maximum absolute atomic E-state index is 13.8. The second kappa shape index (κ2) is 8.26. The van der Waals surface area contributed by atoms with E-state index in [1.807, 2.05) is 11.4 Å². The maximum Gasteiger partial charge on any atom is 0.260 e. The Labute approximate surface area is 171 Å². The van der Waals surface area contributed by atoms with Crippen molar-refractivity contribution in [2.45, 2.75) is 19.5 Å². The molecule has 0 saturated carbocycles. The predicted molar refractivity (Wildman–Crippen MR) is 107 cm³/mol. The van der Waals surface area contributed by atoms with Crippen molar-refractivity contribution in [2.75, 3.05) is 19.0 Å². The van der Waals surface area contributed by atoms with Gasteiger partial charge in [0.1, 0.15) is 17.4 Å². The molecule has 0 unspecified atom stereocenters. The lowest BCUT2D eigenvalue weighted by Crippen LogP contribution is -2.30. The number of hydrogen-bond donors (Lipinski definition) is 1. The van der Waals surface area contributed by atoms with Crippen LogP contribution in [0.4, 0.5) is 13.9 Å². The lowest BCUT2D eigenvalue weighted by molar-refractivity contribution is 0.102. The van der Waals surface area contributed by atoms with E-state index in [9.17, 15) is 13.6 Å². The number of carbonyl (C=O) groups is 1. The number of carbonyl (C=O) groups excluding carboxylic acids is 1. The van der Waals surface area contributed by atoms with Crippen LogP contribution in [-0.4, -0.2) is 29.4 Å². The van der Waals surface area contributed by atoms with Crippen LogP contribution in [0.2, 0.25) is 0 Å². The molecule has 150 valence electrons. The van der Waals surface area contributed by atoms with Crippen LogP contribution < -0.4 is 10.1 Å². The monoisotopic (exact) mass is 415 g/mol. The number of nitrogens with one attached hydrogen (secondary N) is 1. The Bertz CT molecular complexity index is 1050. The van der Waals surface area contributed by atoms with Gasteiger partial charge in [-0.1, -0.05) is 6.07 Å². The number of methoxy groups -OCH3 is 1. The zero-order valence-corrected chi connectivity index (χ0v) is 16.6. The molecule has 1 aliphatic heterocycles. The van der Waals surface area contributed by atoms with Gasteiger partial charge in [-0.3, -0.25) is 15.0 Å².